The van der Waals surface area contributed by atoms with Crippen molar-refractivity contribution >= 4 is 29.4 Å². The van der Waals surface area contributed by atoms with E-state index in [9.17, 15) is 9.18 Å². The lowest BCUT2D eigenvalue weighted by Gasteiger charge is -2.34. The third-order valence-corrected chi connectivity index (χ3v) is 4.46. The molecule has 1 saturated heterocycles. The Morgan fingerprint density at radius 2 is 1.52 bits per heavy atom. The van der Waals surface area contributed by atoms with Crippen molar-refractivity contribution in [3.63, 3.8) is 0 Å². The minimum absolute atomic E-state index is 0.0348. The van der Waals surface area contributed by atoms with Crippen molar-refractivity contribution in [1.29, 1.82) is 0 Å². The molecule has 1 fully saturated rings. The van der Waals surface area contributed by atoms with Crippen LogP contribution in [0.3, 0.4) is 0 Å². The molecule has 0 aliphatic carbocycles. The van der Waals surface area contributed by atoms with Gasteiger partial charge in [-0.1, -0.05) is 23.7 Å². The summed E-state index contributed by atoms with van der Waals surface area (Å²) < 4.78 is 12.9. The van der Waals surface area contributed by atoms with Crippen LogP contribution in [-0.4, -0.2) is 64.0 Å². The number of halogens is 2. The zero-order valence-electron chi connectivity index (χ0n) is 15.4. The van der Waals surface area contributed by atoms with E-state index < -0.39 is 11.9 Å². The van der Waals surface area contributed by atoms with E-state index in [1.165, 1.54) is 29.8 Å². The van der Waals surface area contributed by atoms with E-state index in [2.05, 4.69) is 11.0 Å². The van der Waals surface area contributed by atoms with Crippen LogP contribution in [0, 0.1) is 5.82 Å². The van der Waals surface area contributed by atoms with E-state index >= 15 is 0 Å². The number of piperazine rings is 1. The van der Waals surface area contributed by atoms with Crippen LogP contribution in [0.2, 0.25) is 5.02 Å². The molecule has 7 nitrogen and oxygen atoms in total. The van der Waals surface area contributed by atoms with Crippen molar-refractivity contribution in [3.8, 4) is 0 Å². The maximum absolute atomic E-state index is 12.9. The highest BCUT2D eigenvalue weighted by atomic mass is 35.5. The molecule has 3 rings (SSSR count). The van der Waals surface area contributed by atoms with E-state index in [1.807, 2.05) is 23.1 Å². The maximum atomic E-state index is 12.9. The van der Waals surface area contributed by atoms with Gasteiger partial charge < -0.3 is 15.1 Å². The molecule has 2 aromatic carbocycles. The quantitative estimate of drug-likeness (QED) is 0.738. The Labute approximate surface area is 171 Å². The molecular formula is C20H20ClFN2O5. The molecule has 9 heteroatoms. The Balaban J connectivity index is 0.000000438. The van der Waals surface area contributed by atoms with Crippen molar-refractivity contribution in [2.75, 3.05) is 26.2 Å². The molecule has 2 aromatic rings. The molecule has 0 bridgehead atoms. The first kappa shape index (κ1) is 22.3. The monoisotopic (exact) mass is 422 g/mol. The number of amides is 1. The van der Waals surface area contributed by atoms with Crippen molar-refractivity contribution in [1.82, 2.24) is 9.80 Å². The summed E-state index contributed by atoms with van der Waals surface area (Å²) in [6, 6.07) is 13.6. The Kier molecular flexibility index (Phi) is 8.11. The van der Waals surface area contributed by atoms with Crippen LogP contribution in [0.4, 0.5) is 4.39 Å². The molecule has 0 unspecified atom stereocenters. The van der Waals surface area contributed by atoms with E-state index in [0.717, 1.165) is 24.7 Å². The number of aliphatic carboxylic acids is 2. The van der Waals surface area contributed by atoms with Gasteiger partial charge in [0.2, 0.25) is 0 Å². The number of carbonyl (C=O) groups is 3. The van der Waals surface area contributed by atoms with Crippen LogP contribution >= 0.6 is 11.6 Å². The van der Waals surface area contributed by atoms with Crippen LogP contribution < -0.4 is 0 Å². The average Bonchev–Trinajstić information content (AvgIpc) is 2.69. The number of hydrogen-bond donors (Lipinski definition) is 2. The summed E-state index contributed by atoms with van der Waals surface area (Å²) in [7, 11) is 0. The summed E-state index contributed by atoms with van der Waals surface area (Å²) in [6.07, 6.45) is 0. The molecule has 0 atom stereocenters. The van der Waals surface area contributed by atoms with Gasteiger partial charge in [-0.2, -0.15) is 0 Å². The zero-order chi connectivity index (χ0) is 21.4. The number of rotatable bonds is 3. The van der Waals surface area contributed by atoms with Gasteiger partial charge in [-0.15, -0.1) is 0 Å². The molecule has 1 heterocycles. The summed E-state index contributed by atoms with van der Waals surface area (Å²) in [6.45, 7) is 3.82. The van der Waals surface area contributed by atoms with E-state index in [1.54, 1.807) is 0 Å². The van der Waals surface area contributed by atoms with Crippen LogP contribution in [0.1, 0.15) is 15.9 Å². The van der Waals surface area contributed by atoms with E-state index in [0.29, 0.717) is 18.7 Å². The summed E-state index contributed by atoms with van der Waals surface area (Å²) in [5.74, 6) is -4.01. The van der Waals surface area contributed by atoms with E-state index in [-0.39, 0.29) is 11.7 Å². The maximum Gasteiger partial charge on any atom is 0.414 e. The fourth-order valence-corrected chi connectivity index (χ4v) is 2.99. The molecule has 0 aromatic heterocycles. The molecule has 1 amide bonds. The second-order valence-electron chi connectivity index (χ2n) is 6.32. The summed E-state index contributed by atoms with van der Waals surface area (Å²) in [5.41, 5.74) is 1.71. The highest BCUT2D eigenvalue weighted by molar-refractivity contribution is 6.30. The van der Waals surface area contributed by atoms with Crippen molar-refractivity contribution in [2.45, 2.75) is 6.54 Å². The largest absolute Gasteiger partial charge is 0.473 e. The normalized spacial score (nSPS) is 13.9. The molecule has 2 N–H and O–H groups in total. The minimum Gasteiger partial charge on any atom is -0.473 e. The summed E-state index contributed by atoms with van der Waals surface area (Å²) >= 11 is 6.01. The predicted octanol–water partition coefficient (Wildman–Crippen LogP) is 2.59. The number of carboxylic acids is 2. The van der Waals surface area contributed by atoms with Gasteiger partial charge in [-0.25, -0.2) is 14.0 Å². The zero-order valence-corrected chi connectivity index (χ0v) is 16.2. The van der Waals surface area contributed by atoms with Gasteiger partial charge in [0.25, 0.3) is 5.91 Å². The number of nitrogens with zero attached hydrogens (tertiary/aromatic N) is 2. The summed E-state index contributed by atoms with van der Waals surface area (Å²) in [5, 5.41) is 15.5. The Bertz CT molecular complexity index is 855. The van der Waals surface area contributed by atoms with Gasteiger partial charge in [0.15, 0.2) is 0 Å². The predicted molar refractivity (Wildman–Crippen MR) is 104 cm³/mol. The highest BCUT2D eigenvalue weighted by Gasteiger charge is 2.22. The lowest BCUT2D eigenvalue weighted by Crippen LogP contribution is -2.48. The van der Waals surface area contributed by atoms with Gasteiger partial charge >= 0.3 is 11.9 Å². The van der Waals surface area contributed by atoms with Gasteiger partial charge in [-0.3, -0.25) is 9.69 Å². The molecule has 0 radical (unpaired) electrons. The fourth-order valence-electron chi connectivity index (χ4n) is 2.78. The first-order valence-corrected chi connectivity index (χ1v) is 9.12. The van der Waals surface area contributed by atoms with Gasteiger partial charge in [0.05, 0.1) is 0 Å². The molecule has 29 heavy (non-hydrogen) atoms. The topological polar surface area (TPSA) is 98.1 Å². The van der Waals surface area contributed by atoms with Crippen LogP contribution in [0.15, 0.2) is 48.5 Å². The van der Waals surface area contributed by atoms with E-state index in [4.69, 9.17) is 31.4 Å². The van der Waals surface area contributed by atoms with Crippen LogP contribution in [0.5, 0.6) is 0 Å². The number of carbonyl (C=O) groups excluding carboxylic acids is 1. The standard InChI is InChI=1S/C18H18ClFN2O.C2H2O4/c19-16-3-1-2-14(12-16)13-21-8-10-22(11-9-21)18(23)15-4-6-17(20)7-5-15;3-1(4)2(5)6/h1-7,12H,8-11,13H2;(H,3,4)(H,5,6). The van der Waals surface area contributed by atoms with Crippen LogP contribution in [0.25, 0.3) is 0 Å². The first-order chi connectivity index (χ1) is 13.8. The van der Waals surface area contributed by atoms with Crippen molar-refractivity contribution < 1.29 is 29.0 Å². The second kappa shape index (κ2) is 10.5. The van der Waals surface area contributed by atoms with Gasteiger partial charge in [0.1, 0.15) is 5.82 Å². The molecule has 154 valence electrons. The molecule has 0 saturated carbocycles. The smallest absolute Gasteiger partial charge is 0.414 e. The molecule has 1 aliphatic heterocycles. The third kappa shape index (κ3) is 7.17. The van der Waals surface area contributed by atoms with Crippen LogP contribution in [-0.2, 0) is 16.1 Å². The summed E-state index contributed by atoms with van der Waals surface area (Å²) in [4.78, 5) is 34.7. The number of hydrogen-bond acceptors (Lipinski definition) is 4. The van der Waals surface area contributed by atoms with Gasteiger partial charge in [-0.05, 0) is 42.0 Å². The van der Waals surface area contributed by atoms with Crippen molar-refractivity contribution in [3.05, 3.63) is 70.5 Å². The lowest BCUT2D eigenvalue weighted by atomic mass is 10.1. The first-order valence-electron chi connectivity index (χ1n) is 8.74. The number of benzene rings is 2. The fraction of sp³-hybridized carbons (Fsp3) is 0.250. The minimum atomic E-state index is -1.82. The number of carboxylic acid groups (broad SMARTS) is 2. The molecular weight excluding hydrogens is 403 g/mol. The lowest BCUT2D eigenvalue weighted by molar-refractivity contribution is -0.159. The Morgan fingerprint density at radius 1 is 0.931 bits per heavy atom. The SMILES string of the molecule is O=C(O)C(=O)O.O=C(c1ccc(F)cc1)N1CCN(Cc2cccc(Cl)c2)CC1. The average molecular weight is 423 g/mol. The Morgan fingerprint density at radius 3 is 2.03 bits per heavy atom. The van der Waals surface area contributed by atoms with Gasteiger partial charge in [0, 0.05) is 43.3 Å². The third-order valence-electron chi connectivity index (χ3n) is 4.23. The van der Waals surface area contributed by atoms with Crippen molar-refractivity contribution in [2.24, 2.45) is 0 Å². The molecule has 0 spiro atoms. The second-order valence-corrected chi connectivity index (χ2v) is 6.75. The Hall–Kier alpha value is -2.97. The molecule has 1 aliphatic rings. The highest BCUT2D eigenvalue weighted by Crippen LogP contribution is 2.15.